The van der Waals surface area contributed by atoms with Crippen LogP contribution in [0.3, 0.4) is 0 Å². The second-order valence-electron chi connectivity index (χ2n) is 6.25. The highest BCUT2D eigenvalue weighted by atomic mass is 16.3. The van der Waals surface area contributed by atoms with Crippen LogP contribution in [0.2, 0.25) is 0 Å². The molecule has 0 aromatic heterocycles. The van der Waals surface area contributed by atoms with Gasteiger partial charge in [0.1, 0.15) is 0 Å². The summed E-state index contributed by atoms with van der Waals surface area (Å²) in [5.41, 5.74) is 1.62. The molecular weight excluding hydrogens is 304 g/mol. The summed E-state index contributed by atoms with van der Waals surface area (Å²) in [5.74, 6) is 0.262. The molecule has 0 fully saturated rings. The molecule has 0 saturated heterocycles. The molecule has 3 N–H and O–H groups in total. The Morgan fingerprint density at radius 3 is 2.58 bits per heavy atom. The first kappa shape index (κ1) is 18.2. The summed E-state index contributed by atoms with van der Waals surface area (Å²) < 4.78 is 0. The van der Waals surface area contributed by atoms with E-state index in [2.05, 4.69) is 22.8 Å². The summed E-state index contributed by atoms with van der Waals surface area (Å²) in [6, 6.07) is 7.11. The Balaban J connectivity index is 1.80. The van der Waals surface area contributed by atoms with E-state index in [4.69, 9.17) is 5.11 Å². The highest BCUT2D eigenvalue weighted by molar-refractivity contribution is 5.91. The highest BCUT2D eigenvalue weighted by Crippen LogP contribution is 2.21. The quantitative estimate of drug-likeness (QED) is 0.641. The van der Waals surface area contributed by atoms with Gasteiger partial charge in [-0.2, -0.15) is 0 Å². The topological polar surface area (TPSA) is 78.4 Å². The van der Waals surface area contributed by atoms with Crippen LogP contribution in [0.4, 0.5) is 5.69 Å². The third-order valence-corrected chi connectivity index (χ3v) is 4.24. The molecule has 0 radical (unpaired) electrons. The fourth-order valence-corrected chi connectivity index (χ4v) is 2.76. The van der Waals surface area contributed by atoms with Gasteiger partial charge in [-0.25, -0.2) is 0 Å². The minimum Gasteiger partial charge on any atom is -0.394 e. The van der Waals surface area contributed by atoms with Crippen LogP contribution in [-0.2, 0) is 16.0 Å². The van der Waals surface area contributed by atoms with Crippen molar-refractivity contribution in [1.82, 2.24) is 5.32 Å². The Morgan fingerprint density at radius 2 is 2.00 bits per heavy atom. The van der Waals surface area contributed by atoms with E-state index in [1.54, 1.807) is 0 Å². The monoisotopic (exact) mass is 330 g/mol. The van der Waals surface area contributed by atoms with E-state index in [1.165, 1.54) is 0 Å². The molecule has 1 aliphatic carbocycles. The van der Waals surface area contributed by atoms with Crippen molar-refractivity contribution in [2.24, 2.45) is 5.92 Å². The van der Waals surface area contributed by atoms with Gasteiger partial charge in [0.25, 0.3) is 0 Å². The molecule has 2 unspecified atom stereocenters. The number of carbonyl (C=O) groups is 2. The van der Waals surface area contributed by atoms with Gasteiger partial charge in [-0.1, -0.05) is 31.2 Å². The van der Waals surface area contributed by atoms with Crippen LogP contribution in [0.15, 0.2) is 36.4 Å². The molecule has 2 rings (SSSR count). The average molecular weight is 330 g/mol. The number of allylic oxidation sites excluding steroid dienone is 2. The molecule has 5 heteroatoms. The van der Waals surface area contributed by atoms with E-state index in [0.717, 1.165) is 24.1 Å². The van der Waals surface area contributed by atoms with E-state index in [9.17, 15) is 9.59 Å². The summed E-state index contributed by atoms with van der Waals surface area (Å²) in [5, 5.41) is 14.8. The van der Waals surface area contributed by atoms with Gasteiger partial charge in [0.2, 0.25) is 11.8 Å². The maximum Gasteiger partial charge on any atom is 0.224 e. The third kappa shape index (κ3) is 5.81. The Morgan fingerprint density at radius 1 is 1.25 bits per heavy atom. The summed E-state index contributed by atoms with van der Waals surface area (Å²) >= 11 is 0. The number of hydrogen-bond acceptors (Lipinski definition) is 3. The van der Waals surface area contributed by atoms with Crippen molar-refractivity contribution < 1.29 is 14.7 Å². The van der Waals surface area contributed by atoms with Gasteiger partial charge in [-0.05, 0) is 42.9 Å². The molecule has 0 aliphatic heterocycles. The van der Waals surface area contributed by atoms with E-state index >= 15 is 0 Å². The largest absolute Gasteiger partial charge is 0.394 e. The molecule has 0 saturated carbocycles. The van der Waals surface area contributed by atoms with Crippen LogP contribution in [0, 0.1) is 5.92 Å². The van der Waals surface area contributed by atoms with Crippen molar-refractivity contribution in [2.75, 3.05) is 11.9 Å². The lowest BCUT2D eigenvalue weighted by Gasteiger charge is -2.14. The number of aliphatic hydroxyl groups excluding tert-OH is 1. The normalized spacial score (nSPS) is 17.5. The van der Waals surface area contributed by atoms with Crippen LogP contribution in [0.1, 0.15) is 38.2 Å². The number of hydrogen-bond donors (Lipinski definition) is 3. The summed E-state index contributed by atoms with van der Waals surface area (Å²) in [7, 11) is 0. The third-order valence-electron chi connectivity index (χ3n) is 4.24. The number of benzene rings is 1. The lowest BCUT2D eigenvalue weighted by atomic mass is 10.0. The number of nitrogens with one attached hydrogen (secondary N) is 2. The number of amides is 2. The van der Waals surface area contributed by atoms with E-state index in [0.29, 0.717) is 18.8 Å². The Labute approximate surface area is 143 Å². The smallest absolute Gasteiger partial charge is 0.224 e. The van der Waals surface area contributed by atoms with Crippen LogP contribution < -0.4 is 10.6 Å². The molecule has 2 amide bonds. The van der Waals surface area contributed by atoms with Crippen molar-refractivity contribution in [3.63, 3.8) is 0 Å². The molecule has 1 aliphatic rings. The fourth-order valence-electron chi connectivity index (χ4n) is 2.76. The van der Waals surface area contributed by atoms with Gasteiger partial charge in [0, 0.05) is 12.1 Å². The molecule has 24 heavy (non-hydrogen) atoms. The van der Waals surface area contributed by atoms with Crippen molar-refractivity contribution in [1.29, 1.82) is 0 Å². The first-order valence-corrected chi connectivity index (χ1v) is 8.56. The fraction of sp³-hybridized carbons (Fsp3) is 0.474. The van der Waals surface area contributed by atoms with Crippen molar-refractivity contribution in [3.05, 3.63) is 42.0 Å². The van der Waals surface area contributed by atoms with Crippen molar-refractivity contribution in [2.45, 2.75) is 45.1 Å². The highest BCUT2D eigenvalue weighted by Gasteiger charge is 2.14. The molecule has 1 aromatic rings. The number of aliphatic hydroxyl groups is 1. The first-order chi connectivity index (χ1) is 11.6. The average Bonchev–Trinajstić information content (AvgIpc) is 3.07. The molecule has 0 bridgehead atoms. The van der Waals surface area contributed by atoms with Gasteiger partial charge in [-0.15, -0.1) is 0 Å². The molecule has 130 valence electrons. The van der Waals surface area contributed by atoms with E-state index < -0.39 is 0 Å². The van der Waals surface area contributed by atoms with Gasteiger partial charge >= 0.3 is 0 Å². The Kier molecular flexibility index (Phi) is 7.00. The predicted octanol–water partition coefficient (Wildman–Crippen LogP) is 2.41. The molecular formula is C19H26N2O3. The van der Waals surface area contributed by atoms with Crippen LogP contribution >= 0.6 is 0 Å². The molecule has 0 spiro atoms. The first-order valence-electron chi connectivity index (χ1n) is 8.56. The Hall–Kier alpha value is -2.14. The van der Waals surface area contributed by atoms with Gasteiger partial charge < -0.3 is 15.7 Å². The number of carbonyl (C=O) groups excluding carboxylic acids is 2. The summed E-state index contributed by atoms with van der Waals surface area (Å²) in [6.45, 7) is 1.86. The Bertz CT molecular complexity index is 577. The van der Waals surface area contributed by atoms with E-state index in [1.807, 2.05) is 31.2 Å². The van der Waals surface area contributed by atoms with Crippen LogP contribution in [0.5, 0.6) is 0 Å². The minimum absolute atomic E-state index is 0.0192. The second kappa shape index (κ2) is 9.23. The van der Waals surface area contributed by atoms with Gasteiger partial charge in [-0.3, -0.25) is 9.59 Å². The second-order valence-corrected chi connectivity index (χ2v) is 6.25. The van der Waals surface area contributed by atoms with Crippen LogP contribution in [0.25, 0.3) is 0 Å². The summed E-state index contributed by atoms with van der Waals surface area (Å²) in [6.07, 6.45) is 7.81. The van der Waals surface area contributed by atoms with Crippen molar-refractivity contribution in [3.8, 4) is 0 Å². The maximum absolute atomic E-state index is 12.0. The molecule has 5 nitrogen and oxygen atoms in total. The number of anilines is 1. The summed E-state index contributed by atoms with van der Waals surface area (Å²) in [4.78, 5) is 23.9. The minimum atomic E-state index is -0.194. The van der Waals surface area contributed by atoms with E-state index in [-0.39, 0.29) is 30.9 Å². The van der Waals surface area contributed by atoms with Crippen LogP contribution in [-0.4, -0.2) is 29.6 Å². The lowest BCUT2D eigenvalue weighted by molar-refractivity contribution is -0.121. The standard InChI is InChI=1S/C19H26N2O3/c1-2-16(13-22)20-18(23)12-15-7-9-17(10-8-15)21-19(24)11-14-5-3-4-6-14/h3,5,7-10,14,16,22H,2,4,6,11-13H2,1H3,(H,20,23)(H,21,24). The lowest BCUT2D eigenvalue weighted by Crippen LogP contribution is -2.37. The van der Waals surface area contributed by atoms with Gasteiger partial charge in [0.15, 0.2) is 0 Å². The zero-order valence-electron chi connectivity index (χ0n) is 14.1. The number of rotatable bonds is 8. The predicted molar refractivity (Wildman–Crippen MR) is 94.6 cm³/mol. The maximum atomic E-state index is 12.0. The zero-order valence-corrected chi connectivity index (χ0v) is 14.1. The van der Waals surface area contributed by atoms with Gasteiger partial charge in [0.05, 0.1) is 19.1 Å². The van der Waals surface area contributed by atoms with Crippen molar-refractivity contribution >= 4 is 17.5 Å². The zero-order chi connectivity index (χ0) is 17.4. The molecule has 1 aromatic carbocycles. The SMILES string of the molecule is CCC(CO)NC(=O)Cc1ccc(NC(=O)CC2C=CCC2)cc1. The molecule has 2 atom stereocenters. The molecule has 0 heterocycles.